The van der Waals surface area contributed by atoms with Crippen LogP contribution in [0.1, 0.15) is 45.6 Å². The van der Waals surface area contributed by atoms with Crippen molar-refractivity contribution in [2.75, 3.05) is 6.54 Å². The van der Waals surface area contributed by atoms with E-state index in [1.54, 1.807) is 6.07 Å². The van der Waals surface area contributed by atoms with Crippen molar-refractivity contribution in [3.63, 3.8) is 0 Å². The first kappa shape index (κ1) is 16.1. The molecule has 0 saturated heterocycles. The summed E-state index contributed by atoms with van der Waals surface area (Å²) in [4.78, 5) is 0. The molecule has 0 amide bonds. The molecular weight excluding hydrogens is 244 g/mol. The summed E-state index contributed by atoms with van der Waals surface area (Å²) in [6.07, 6.45) is 4.11. The Labute approximate surface area is 115 Å². The molecule has 0 aliphatic heterocycles. The zero-order valence-electron chi connectivity index (χ0n) is 12.2. The van der Waals surface area contributed by atoms with E-state index in [4.69, 9.17) is 0 Å². The normalized spacial score (nSPS) is 14.4. The van der Waals surface area contributed by atoms with Crippen molar-refractivity contribution in [1.82, 2.24) is 5.32 Å². The van der Waals surface area contributed by atoms with Gasteiger partial charge in [0.25, 0.3) is 0 Å². The van der Waals surface area contributed by atoms with E-state index in [0.29, 0.717) is 12.0 Å². The minimum atomic E-state index is -0.775. The number of halogens is 2. The highest BCUT2D eigenvalue weighted by molar-refractivity contribution is 5.19. The van der Waals surface area contributed by atoms with Crippen molar-refractivity contribution in [2.24, 2.45) is 5.92 Å². The van der Waals surface area contributed by atoms with E-state index in [0.717, 1.165) is 37.8 Å². The molecule has 19 heavy (non-hydrogen) atoms. The quantitative estimate of drug-likeness (QED) is 0.741. The van der Waals surface area contributed by atoms with E-state index in [-0.39, 0.29) is 0 Å². The number of hydrogen-bond donors (Lipinski definition) is 1. The van der Waals surface area contributed by atoms with Crippen LogP contribution in [0.25, 0.3) is 0 Å². The van der Waals surface area contributed by atoms with Crippen LogP contribution in [0, 0.1) is 17.6 Å². The van der Waals surface area contributed by atoms with Gasteiger partial charge in [0.1, 0.15) is 0 Å². The summed E-state index contributed by atoms with van der Waals surface area (Å²) in [5.74, 6) is -0.997. The summed E-state index contributed by atoms with van der Waals surface area (Å²) >= 11 is 0. The van der Waals surface area contributed by atoms with Crippen molar-refractivity contribution in [2.45, 2.75) is 52.5 Å². The van der Waals surface area contributed by atoms with Gasteiger partial charge in [-0.3, -0.25) is 0 Å². The second-order valence-corrected chi connectivity index (χ2v) is 5.28. The van der Waals surface area contributed by atoms with Crippen LogP contribution in [0.5, 0.6) is 0 Å². The third-order valence-corrected chi connectivity index (χ3v) is 3.53. The van der Waals surface area contributed by atoms with Gasteiger partial charge >= 0.3 is 0 Å². The van der Waals surface area contributed by atoms with Crippen molar-refractivity contribution in [3.05, 3.63) is 35.4 Å². The smallest absolute Gasteiger partial charge is 0.159 e. The molecule has 0 heterocycles. The van der Waals surface area contributed by atoms with Gasteiger partial charge in [-0.25, -0.2) is 8.78 Å². The number of hydrogen-bond acceptors (Lipinski definition) is 1. The molecule has 0 aliphatic rings. The summed E-state index contributed by atoms with van der Waals surface area (Å²) in [6, 6.07) is 4.53. The van der Waals surface area contributed by atoms with E-state index >= 15 is 0 Å². The van der Waals surface area contributed by atoms with Gasteiger partial charge < -0.3 is 5.32 Å². The molecule has 0 aromatic heterocycles. The first-order chi connectivity index (χ1) is 9.08. The molecular formula is C16H25F2N. The molecule has 0 saturated carbocycles. The maximum absolute atomic E-state index is 13.2. The van der Waals surface area contributed by atoms with Crippen LogP contribution >= 0.6 is 0 Å². The summed E-state index contributed by atoms with van der Waals surface area (Å²) < 4.78 is 26.2. The summed E-state index contributed by atoms with van der Waals surface area (Å²) in [5, 5.41) is 3.52. The summed E-state index contributed by atoms with van der Waals surface area (Å²) in [6.45, 7) is 7.48. The topological polar surface area (TPSA) is 12.0 Å². The third-order valence-electron chi connectivity index (χ3n) is 3.53. The van der Waals surface area contributed by atoms with E-state index in [1.165, 1.54) is 12.1 Å². The van der Waals surface area contributed by atoms with Crippen molar-refractivity contribution in [1.29, 1.82) is 0 Å². The monoisotopic (exact) mass is 269 g/mol. The predicted molar refractivity (Wildman–Crippen MR) is 76.2 cm³/mol. The Balaban J connectivity index is 2.71. The molecule has 1 aromatic carbocycles. The van der Waals surface area contributed by atoms with E-state index < -0.39 is 11.6 Å². The molecule has 2 unspecified atom stereocenters. The molecule has 2 atom stereocenters. The van der Waals surface area contributed by atoms with Gasteiger partial charge in [0, 0.05) is 6.04 Å². The molecule has 0 aliphatic carbocycles. The Hall–Kier alpha value is -0.960. The van der Waals surface area contributed by atoms with E-state index in [9.17, 15) is 8.78 Å². The zero-order chi connectivity index (χ0) is 14.3. The predicted octanol–water partition coefficient (Wildman–Crippen LogP) is 4.31. The van der Waals surface area contributed by atoms with Gasteiger partial charge in [-0.15, -0.1) is 0 Å². The van der Waals surface area contributed by atoms with E-state index in [2.05, 4.69) is 26.1 Å². The molecule has 0 spiro atoms. The fourth-order valence-corrected chi connectivity index (χ4v) is 2.38. The molecule has 3 heteroatoms. The third kappa shape index (κ3) is 5.27. The fourth-order valence-electron chi connectivity index (χ4n) is 2.38. The highest BCUT2D eigenvalue weighted by Crippen LogP contribution is 2.17. The lowest BCUT2D eigenvalue weighted by atomic mass is 9.91. The first-order valence-corrected chi connectivity index (χ1v) is 7.25. The molecule has 1 aromatic rings. The van der Waals surface area contributed by atoms with Gasteiger partial charge in [-0.05, 0) is 49.4 Å². The number of nitrogens with one attached hydrogen (secondary N) is 1. The lowest BCUT2D eigenvalue weighted by Crippen LogP contribution is -2.37. The maximum Gasteiger partial charge on any atom is 0.159 e. The van der Waals surface area contributed by atoms with Crippen LogP contribution in [0.15, 0.2) is 18.2 Å². The SMILES string of the molecule is CCCNC(Cc1ccc(F)c(F)c1)C(C)CCC. The van der Waals surface area contributed by atoms with Crippen LogP contribution in [-0.4, -0.2) is 12.6 Å². The minimum Gasteiger partial charge on any atom is -0.313 e. The lowest BCUT2D eigenvalue weighted by molar-refractivity contribution is 0.352. The first-order valence-electron chi connectivity index (χ1n) is 7.25. The standard InChI is InChI=1S/C16H25F2N/c1-4-6-12(3)16(19-9-5-2)11-13-7-8-14(17)15(18)10-13/h7-8,10,12,16,19H,4-6,9,11H2,1-3H3. The number of rotatable bonds is 8. The molecule has 0 bridgehead atoms. The van der Waals surface area contributed by atoms with Crippen LogP contribution in [0.4, 0.5) is 8.78 Å². The average molecular weight is 269 g/mol. The van der Waals surface area contributed by atoms with Gasteiger partial charge in [0.05, 0.1) is 0 Å². The maximum atomic E-state index is 13.2. The fraction of sp³-hybridized carbons (Fsp3) is 0.625. The Morgan fingerprint density at radius 2 is 1.84 bits per heavy atom. The van der Waals surface area contributed by atoms with Crippen LogP contribution in [0.2, 0.25) is 0 Å². The van der Waals surface area contributed by atoms with Gasteiger partial charge in [-0.2, -0.15) is 0 Å². The Morgan fingerprint density at radius 1 is 1.11 bits per heavy atom. The van der Waals surface area contributed by atoms with Crippen molar-refractivity contribution >= 4 is 0 Å². The van der Waals surface area contributed by atoms with Gasteiger partial charge in [0.15, 0.2) is 11.6 Å². The Morgan fingerprint density at radius 3 is 2.42 bits per heavy atom. The van der Waals surface area contributed by atoms with Crippen molar-refractivity contribution < 1.29 is 8.78 Å². The molecule has 108 valence electrons. The largest absolute Gasteiger partial charge is 0.313 e. The van der Waals surface area contributed by atoms with Crippen LogP contribution in [-0.2, 0) is 6.42 Å². The van der Waals surface area contributed by atoms with Crippen LogP contribution < -0.4 is 5.32 Å². The highest BCUT2D eigenvalue weighted by Gasteiger charge is 2.17. The zero-order valence-corrected chi connectivity index (χ0v) is 12.2. The summed E-state index contributed by atoms with van der Waals surface area (Å²) in [5.41, 5.74) is 0.857. The molecule has 1 N–H and O–H groups in total. The number of benzene rings is 1. The second kappa shape index (κ2) is 8.26. The van der Waals surface area contributed by atoms with Gasteiger partial charge in [0.2, 0.25) is 0 Å². The molecule has 1 nitrogen and oxygen atoms in total. The molecule has 0 radical (unpaired) electrons. The minimum absolute atomic E-state index is 0.324. The Kier molecular flexibility index (Phi) is 7.00. The molecule has 0 fully saturated rings. The van der Waals surface area contributed by atoms with Gasteiger partial charge in [-0.1, -0.05) is 33.3 Å². The second-order valence-electron chi connectivity index (χ2n) is 5.28. The lowest BCUT2D eigenvalue weighted by Gasteiger charge is -2.25. The summed E-state index contributed by atoms with van der Waals surface area (Å²) in [7, 11) is 0. The van der Waals surface area contributed by atoms with E-state index in [1.807, 2.05) is 0 Å². The average Bonchev–Trinajstić information content (AvgIpc) is 2.39. The Bertz CT molecular complexity index is 379. The van der Waals surface area contributed by atoms with Crippen molar-refractivity contribution in [3.8, 4) is 0 Å². The molecule has 1 rings (SSSR count). The highest BCUT2D eigenvalue weighted by atomic mass is 19.2. The van der Waals surface area contributed by atoms with Crippen LogP contribution in [0.3, 0.4) is 0 Å².